The van der Waals surface area contributed by atoms with Gasteiger partial charge in [0.05, 0.1) is 17.1 Å². The maximum Gasteiger partial charge on any atom is 0.0907 e. The molecule has 24 heavy (non-hydrogen) atoms. The van der Waals surface area contributed by atoms with Crippen molar-refractivity contribution in [3.63, 3.8) is 0 Å². The number of fused-ring (bicyclic) bond motifs is 3. The molecule has 2 aliphatic heterocycles. The van der Waals surface area contributed by atoms with Crippen LogP contribution in [0.15, 0.2) is 47.6 Å². The Kier molecular flexibility index (Phi) is 4.79. The Morgan fingerprint density at radius 3 is 2.54 bits per heavy atom. The molecule has 0 radical (unpaired) electrons. The summed E-state index contributed by atoms with van der Waals surface area (Å²) in [5.74, 6) is 0. The van der Waals surface area contributed by atoms with E-state index in [2.05, 4.69) is 52.1 Å². The highest BCUT2D eigenvalue weighted by Gasteiger charge is 2.23. The van der Waals surface area contributed by atoms with E-state index in [1.165, 1.54) is 74.4 Å². The van der Waals surface area contributed by atoms with Gasteiger partial charge in [-0.25, -0.2) is 0 Å². The van der Waals surface area contributed by atoms with Crippen molar-refractivity contribution < 1.29 is 0 Å². The lowest BCUT2D eigenvalue weighted by Gasteiger charge is -2.24. The van der Waals surface area contributed by atoms with Crippen LogP contribution in [0.2, 0.25) is 0 Å². The number of hydrogen-bond donors (Lipinski definition) is 0. The third-order valence-electron chi connectivity index (χ3n) is 5.26. The molecule has 0 atom stereocenters. The number of aliphatic imine (C=N–C) groups is 1. The number of hydrogen-bond acceptors (Lipinski definition) is 2. The van der Waals surface area contributed by atoms with Gasteiger partial charge in [-0.05, 0) is 57.1 Å². The predicted octanol–water partition coefficient (Wildman–Crippen LogP) is 4.28. The zero-order chi connectivity index (χ0) is 16.2. The Balaban J connectivity index is 1.40. The number of aromatic nitrogens is 1. The van der Waals surface area contributed by atoms with Gasteiger partial charge in [-0.1, -0.05) is 37.5 Å². The molecule has 0 amide bonds. The van der Waals surface area contributed by atoms with Crippen molar-refractivity contribution in [2.45, 2.75) is 38.5 Å². The maximum absolute atomic E-state index is 4.97. The molecule has 1 fully saturated rings. The van der Waals surface area contributed by atoms with Crippen LogP contribution in [0, 0.1) is 0 Å². The fourth-order valence-corrected chi connectivity index (χ4v) is 3.99. The minimum Gasteiger partial charge on any atom is -0.314 e. The van der Waals surface area contributed by atoms with E-state index in [1.807, 2.05) is 0 Å². The molecule has 1 aromatic heterocycles. The number of likely N-dealkylation sites (tertiary alicyclic amines) is 1. The SMILES string of the molecule is c1ccc2c(c1)C(=NCCCN1CCCCCCC1)c1cccn1-2. The first-order chi connectivity index (χ1) is 11.9. The largest absolute Gasteiger partial charge is 0.314 e. The Hall–Kier alpha value is -1.87. The number of rotatable bonds is 4. The lowest BCUT2D eigenvalue weighted by Crippen LogP contribution is -2.28. The molecule has 3 nitrogen and oxygen atoms in total. The van der Waals surface area contributed by atoms with Crippen LogP contribution >= 0.6 is 0 Å². The minimum atomic E-state index is 0.922. The summed E-state index contributed by atoms with van der Waals surface area (Å²) in [5, 5.41) is 0. The molecule has 0 aliphatic carbocycles. The van der Waals surface area contributed by atoms with Gasteiger partial charge >= 0.3 is 0 Å². The minimum absolute atomic E-state index is 0.922. The first-order valence-electron chi connectivity index (χ1n) is 9.48. The van der Waals surface area contributed by atoms with E-state index in [-0.39, 0.29) is 0 Å². The average molecular weight is 321 g/mol. The quantitative estimate of drug-likeness (QED) is 0.657. The molecule has 0 N–H and O–H groups in total. The van der Waals surface area contributed by atoms with Gasteiger partial charge < -0.3 is 9.47 Å². The smallest absolute Gasteiger partial charge is 0.0907 e. The van der Waals surface area contributed by atoms with Crippen molar-refractivity contribution in [3.05, 3.63) is 53.9 Å². The van der Waals surface area contributed by atoms with Crippen molar-refractivity contribution in [1.82, 2.24) is 9.47 Å². The van der Waals surface area contributed by atoms with Gasteiger partial charge in [0.25, 0.3) is 0 Å². The molecule has 0 bridgehead atoms. The molecule has 2 aromatic rings. The Bertz CT molecular complexity index is 705. The summed E-state index contributed by atoms with van der Waals surface area (Å²) in [6.07, 6.45) is 10.3. The Labute approximate surface area is 145 Å². The molecule has 126 valence electrons. The number of nitrogens with zero attached hydrogens (tertiary/aromatic N) is 3. The van der Waals surface area contributed by atoms with Gasteiger partial charge in [0.2, 0.25) is 0 Å². The van der Waals surface area contributed by atoms with Crippen LogP contribution in [0.5, 0.6) is 0 Å². The monoisotopic (exact) mass is 321 g/mol. The first-order valence-corrected chi connectivity index (χ1v) is 9.48. The van der Waals surface area contributed by atoms with Crippen LogP contribution in [-0.2, 0) is 0 Å². The van der Waals surface area contributed by atoms with E-state index in [0.29, 0.717) is 0 Å². The number of benzene rings is 1. The van der Waals surface area contributed by atoms with Crippen molar-refractivity contribution in [2.75, 3.05) is 26.2 Å². The molecule has 3 heteroatoms. The Morgan fingerprint density at radius 2 is 1.67 bits per heavy atom. The van der Waals surface area contributed by atoms with Crippen LogP contribution in [0.4, 0.5) is 0 Å². The summed E-state index contributed by atoms with van der Waals surface area (Å²) >= 11 is 0. The van der Waals surface area contributed by atoms with Crippen LogP contribution in [-0.4, -0.2) is 41.4 Å². The number of para-hydroxylation sites is 1. The van der Waals surface area contributed by atoms with E-state index in [4.69, 9.17) is 4.99 Å². The van der Waals surface area contributed by atoms with Gasteiger partial charge in [0, 0.05) is 18.3 Å². The lowest BCUT2D eigenvalue weighted by molar-refractivity contribution is 0.246. The summed E-state index contributed by atoms with van der Waals surface area (Å²) in [5.41, 5.74) is 4.95. The van der Waals surface area contributed by atoms with Crippen molar-refractivity contribution in [2.24, 2.45) is 4.99 Å². The van der Waals surface area contributed by atoms with E-state index in [9.17, 15) is 0 Å². The van der Waals surface area contributed by atoms with Crippen LogP contribution in [0.3, 0.4) is 0 Å². The lowest BCUT2D eigenvalue weighted by atomic mass is 10.1. The highest BCUT2D eigenvalue weighted by Crippen LogP contribution is 2.28. The second-order valence-corrected chi connectivity index (χ2v) is 6.97. The zero-order valence-corrected chi connectivity index (χ0v) is 14.5. The third-order valence-corrected chi connectivity index (χ3v) is 5.26. The van der Waals surface area contributed by atoms with Crippen molar-refractivity contribution >= 4 is 5.71 Å². The third kappa shape index (κ3) is 3.18. The Morgan fingerprint density at radius 1 is 0.875 bits per heavy atom. The maximum atomic E-state index is 4.97. The molecule has 1 aromatic carbocycles. The molecular weight excluding hydrogens is 294 g/mol. The summed E-state index contributed by atoms with van der Waals surface area (Å²) in [6, 6.07) is 12.9. The second-order valence-electron chi connectivity index (χ2n) is 6.97. The molecule has 4 rings (SSSR count). The molecule has 3 heterocycles. The highest BCUT2D eigenvalue weighted by molar-refractivity contribution is 6.17. The molecule has 1 saturated heterocycles. The van der Waals surface area contributed by atoms with Gasteiger partial charge in [0.1, 0.15) is 0 Å². The van der Waals surface area contributed by atoms with Crippen LogP contribution < -0.4 is 0 Å². The highest BCUT2D eigenvalue weighted by atomic mass is 15.1. The predicted molar refractivity (Wildman–Crippen MR) is 100 cm³/mol. The van der Waals surface area contributed by atoms with E-state index < -0.39 is 0 Å². The van der Waals surface area contributed by atoms with Crippen molar-refractivity contribution in [1.29, 1.82) is 0 Å². The molecule has 0 spiro atoms. The molecule has 0 saturated carbocycles. The zero-order valence-electron chi connectivity index (χ0n) is 14.5. The topological polar surface area (TPSA) is 20.5 Å². The summed E-state index contributed by atoms with van der Waals surface area (Å²) < 4.78 is 2.26. The standard InChI is InChI=1S/C21H27N3/c1-2-6-14-23(15-7-3-1)16-9-13-22-21-18-10-4-5-11-19(18)24-17-8-12-20(21)24/h4-5,8,10-12,17H,1-3,6-7,9,13-16H2. The summed E-state index contributed by atoms with van der Waals surface area (Å²) in [7, 11) is 0. The molecule has 2 aliphatic rings. The van der Waals surface area contributed by atoms with Gasteiger partial charge in [-0.2, -0.15) is 0 Å². The van der Waals surface area contributed by atoms with Gasteiger partial charge in [-0.15, -0.1) is 0 Å². The summed E-state index contributed by atoms with van der Waals surface area (Å²) in [6.45, 7) is 4.68. The van der Waals surface area contributed by atoms with Crippen molar-refractivity contribution in [3.8, 4) is 5.69 Å². The van der Waals surface area contributed by atoms with E-state index in [1.54, 1.807) is 0 Å². The fourth-order valence-electron chi connectivity index (χ4n) is 3.99. The second kappa shape index (κ2) is 7.35. The molecule has 0 unspecified atom stereocenters. The van der Waals surface area contributed by atoms with Gasteiger partial charge in [-0.3, -0.25) is 4.99 Å². The van der Waals surface area contributed by atoms with Gasteiger partial charge in [0.15, 0.2) is 0 Å². The van der Waals surface area contributed by atoms with Crippen LogP contribution in [0.25, 0.3) is 5.69 Å². The molecular formula is C21H27N3. The van der Waals surface area contributed by atoms with E-state index in [0.717, 1.165) is 13.0 Å². The van der Waals surface area contributed by atoms with Crippen LogP contribution in [0.1, 0.15) is 49.8 Å². The average Bonchev–Trinajstić information content (AvgIpc) is 3.15. The fraction of sp³-hybridized carbons (Fsp3) is 0.476. The van der Waals surface area contributed by atoms with E-state index >= 15 is 0 Å². The summed E-state index contributed by atoms with van der Waals surface area (Å²) in [4.78, 5) is 7.62. The first kappa shape index (κ1) is 15.6. The normalized spacial score (nSPS) is 19.8.